The van der Waals surface area contributed by atoms with Gasteiger partial charge in [0.05, 0.1) is 0 Å². The highest BCUT2D eigenvalue weighted by Crippen LogP contribution is 2.01. The second-order valence-electron chi connectivity index (χ2n) is 3.08. The Hall–Kier alpha value is -0.610. The molecule has 78 valence electrons. The number of carbonyl (C=O) groups is 1. The lowest BCUT2D eigenvalue weighted by molar-refractivity contribution is -0.147. The molecule has 4 heteroatoms. The lowest BCUT2D eigenvalue weighted by atomic mass is 10.1. The van der Waals surface area contributed by atoms with Gasteiger partial charge in [-0.1, -0.05) is 20.8 Å². The minimum absolute atomic E-state index is 0.269. The van der Waals surface area contributed by atoms with Gasteiger partial charge in [-0.3, -0.25) is 0 Å². The molecule has 4 nitrogen and oxygen atoms in total. The first-order chi connectivity index (χ1) is 6.19. The Morgan fingerprint density at radius 1 is 1.31 bits per heavy atom. The molecule has 0 amide bonds. The summed E-state index contributed by atoms with van der Waals surface area (Å²) < 4.78 is 0. The molecule has 1 unspecified atom stereocenters. The summed E-state index contributed by atoms with van der Waals surface area (Å²) in [5.41, 5.74) is 0. The molecule has 0 rings (SSSR count). The van der Waals surface area contributed by atoms with Crippen LogP contribution in [0, 0.1) is 0 Å². The molecule has 0 aliphatic rings. The van der Waals surface area contributed by atoms with Crippen LogP contribution in [0.5, 0.6) is 0 Å². The quantitative estimate of drug-likeness (QED) is 0.609. The molecule has 0 heterocycles. The summed E-state index contributed by atoms with van der Waals surface area (Å²) in [6.07, 6.45) is 2.71. The van der Waals surface area contributed by atoms with Crippen molar-refractivity contribution in [2.75, 3.05) is 0 Å². The van der Waals surface area contributed by atoms with Gasteiger partial charge in [-0.15, -0.1) is 0 Å². The van der Waals surface area contributed by atoms with Gasteiger partial charge in [0, 0.05) is 6.04 Å². The molecule has 0 aliphatic heterocycles. The summed E-state index contributed by atoms with van der Waals surface area (Å²) in [4.78, 5) is 15.3. The van der Waals surface area contributed by atoms with Crippen molar-refractivity contribution in [3.63, 3.8) is 0 Å². The van der Waals surface area contributed by atoms with E-state index < -0.39 is 0 Å². The predicted octanol–water partition coefficient (Wildman–Crippen LogP) is 0.960. The zero-order valence-electron chi connectivity index (χ0n) is 8.67. The second kappa shape index (κ2) is 6.86. The SMILES string of the molecule is CCC(CC)NC(CC)C(=O)ON. The van der Waals surface area contributed by atoms with Crippen molar-refractivity contribution in [2.45, 2.75) is 52.1 Å². The molecule has 0 aromatic rings. The van der Waals surface area contributed by atoms with Gasteiger partial charge in [-0.25, -0.2) is 4.79 Å². The van der Waals surface area contributed by atoms with Crippen LogP contribution in [0.4, 0.5) is 0 Å². The van der Waals surface area contributed by atoms with Gasteiger partial charge in [-0.05, 0) is 19.3 Å². The van der Waals surface area contributed by atoms with Gasteiger partial charge in [0.25, 0.3) is 0 Å². The van der Waals surface area contributed by atoms with Crippen molar-refractivity contribution >= 4 is 5.97 Å². The Morgan fingerprint density at radius 3 is 2.15 bits per heavy atom. The summed E-state index contributed by atoms with van der Waals surface area (Å²) in [5.74, 6) is 4.44. The molecule has 0 radical (unpaired) electrons. The molecule has 0 aromatic heterocycles. The predicted molar refractivity (Wildman–Crippen MR) is 51.9 cm³/mol. The van der Waals surface area contributed by atoms with Crippen LogP contribution < -0.4 is 11.2 Å². The zero-order chi connectivity index (χ0) is 10.3. The average Bonchev–Trinajstić information content (AvgIpc) is 2.19. The van der Waals surface area contributed by atoms with E-state index in [9.17, 15) is 4.79 Å². The van der Waals surface area contributed by atoms with Crippen LogP contribution in [0.3, 0.4) is 0 Å². The van der Waals surface area contributed by atoms with Gasteiger partial charge < -0.3 is 10.2 Å². The van der Waals surface area contributed by atoms with Gasteiger partial charge in [0.2, 0.25) is 0 Å². The van der Waals surface area contributed by atoms with Crippen LogP contribution in [-0.2, 0) is 9.63 Å². The molecule has 0 fully saturated rings. The van der Waals surface area contributed by atoms with Crippen LogP contribution >= 0.6 is 0 Å². The number of hydrogen-bond donors (Lipinski definition) is 2. The molecule has 0 bridgehead atoms. The Bertz CT molecular complexity index is 147. The van der Waals surface area contributed by atoms with Crippen LogP contribution in [0.1, 0.15) is 40.0 Å². The van der Waals surface area contributed by atoms with Gasteiger partial charge in [0.1, 0.15) is 6.04 Å². The molecule has 0 saturated carbocycles. The third kappa shape index (κ3) is 4.24. The number of nitrogens with one attached hydrogen (secondary N) is 1. The second-order valence-corrected chi connectivity index (χ2v) is 3.08. The molecule has 0 spiro atoms. The van der Waals surface area contributed by atoms with E-state index in [4.69, 9.17) is 5.90 Å². The van der Waals surface area contributed by atoms with Crippen molar-refractivity contribution in [1.29, 1.82) is 0 Å². The lowest BCUT2D eigenvalue weighted by Crippen LogP contribution is -2.44. The smallest absolute Gasteiger partial charge is 0.341 e. The van der Waals surface area contributed by atoms with Gasteiger partial charge >= 0.3 is 5.97 Å². The third-order valence-corrected chi connectivity index (χ3v) is 2.23. The van der Waals surface area contributed by atoms with E-state index in [1.807, 2.05) is 6.92 Å². The van der Waals surface area contributed by atoms with E-state index in [0.717, 1.165) is 12.8 Å². The largest absolute Gasteiger partial charge is 0.372 e. The van der Waals surface area contributed by atoms with E-state index in [1.54, 1.807) is 0 Å². The first-order valence-corrected chi connectivity index (χ1v) is 4.86. The van der Waals surface area contributed by atoms with Crippen LogP contribution in [0.2, 0.25) is 0 Å². The molecular formula is C9H20N2O2. The van der Waals surface area contributed by atoms with Crippen LogP contribution in [0.15, 0.2) is 0 Å². The third-order valence-electron chi connectivity index (χ3n) is 2.23. The average molecular weight is 188 g/mol. The van der Waals surface area contributed by atoms with Crippen molar-refractivity contribution in [3.8, 4) is 0 Å². The van der Waals surface area contributed by atoms with E-state index in [-0.39, 0.29) is 12.0 Å². The van der Waals surface area contributed by atoms with Gasteiger partial charge in [-0.2, -0.15) is 5.90 Å². The van der Waals surface area contributed by atoms with Gasteiger partial charge in [0.15, 0.2) is 0 Å². The van der Waals surface area contributed by atoms with Crippen molar-refractivity contribution in [2.24, 2.45) is 5.90 Å². The maximum Gasteiger partial charge on any atom is 0.341 e. The molecule has 3 N–H and O–H groups in total. The number of carbonyl (C=O) groups excluding carboxylic acids is 1. The maximum atomic E-state index is 11.1. The Labute approximate surface area is 79.8 Å². The topological polar surface area (TPSA) is 64.3 Å². The minimum atomic E-state index is -0.380. The van der Waals surface area contributed by atoms with Crippen LogP contribution in [0.25, 0.3) is 0 Å². The summed E-state index contributed by atoms with van der Waals surface area (Å²) >= 11 is 0. The summed E-state index contributed by atoms with van der Waals surface area (Å²) in [7, 11) is 0. The fourth-order valence-electron chi connectivity index (χ4n) is 1.24. The van der Waals surface area contributed by atoms with Crippen molar-refractivity contribution in [3.05, 3.63) is 0 Å². The normalized spacial score (nSPS) is 13.0. The molecule has 0 aliphatic carbocycles. The Morgan fingerprint density at radius 2 is 1.85 bits per heavy atom. The molecule has 0 saturated heterocycles. The summed E-state index contributed by atoms with van der Waals surface area (Å²) in [5, 5.41) is 3.20. The Balaban J connectivity index is 4.02. The van der Waals surface area contributed by atoms with E-state index in [2.05, 4.69) is 24.0 Å². The molecular weight excluding hydrogens is 168 g/mol. The standard InChI is InChI=1S/C9H20N2O2/c1-4-7(5-2)11-8(6-3)9(12)13-10/h7-8,11H,4-6,10H2,1-3H3. The van der Waals surface area contributed by atoms with E-state index in [0.29, 0.717) is 12.5 Å². The van der Waals surface area contributed by atoms with Crippen LogP contribution in [-0.4, -0.2) is 18.1 Å². The fourth-order valence-corrected chi connectivity index (χ4v) is 1.24. The number of nitrogens with two attached hydrogens (primary N) is 1. The van der Waals surface area contributed by atoms with Crippen molar-refractivity contribution < 1.29 is 9.63 Å². The van der Waals surface area contributed by atoms with E-state index >= 15 is 0 Å². The highest BCUT2D eigenvalue weighted by Gasteiger charge is 2.19. The highest BCUT2D eigenvalue weighted by atomic mass is 16.7. The lowest BCUT2D eigenvalue weighted by Gasteiger charge is -2.20. The number of rotatable bonds is 6. The minimum Gasteiger partial charge on any atom is -0.372 e. The summed E-state index contributed by atoms with van der Waals surface area (Å²) in [6.45, 7) is 6.10. The number of hydrogen-bond acceptors (Lipinski definition) is 4. The van der Waals surface area contributed by atoms with E-state index in [1.165, 1.54) is 0 Å². The monoisotopic (exact) mass is 188 g/mol. The fraction of sp³-hybridized carbons (Fsp3) is 0.889. The molecule has 1 atom stereocenters. The first kappa shape index (κ1) is 12.4. The summed E-state index contributed by atoms with van der Waals surface area (Å²) in [6, 6.07) is 0.0962. The maximum absolute atomic E-state index is 11.1. The molecule has 0 aromatic carbocycles. The zero-order valence-corrected chi connectivity index (χ0v) is 8.67. The first-order valence-electron chi connectivity index (χ1n) is 4.86. The molecule has 13 heavy (non-hydrogen) atoms. The van der Waals surface area contributed by atoms with Crippen molar-refractivity contribution in [1.82, 2.24) is 5.32 Å². The highest BCUT2D eigenvalue weighted by molar-refractivity contribution is 5.75. The Kier molecular flexibility index (Phi) is 6.54.